The van der Waals surface area contributed by atoms with Gasteiger partial charge in [0, 0.05) is 20.1 Å². The molecule has 4 nitrogen and oxygen atoms in total. The first-order valence-corrected chi connectivity index (χ1v) is 5.64. The molecule has 0 unspecified atom stereocenters. The maximum atomic E-state index is 5.63. The third-order valence-corrected chi connectivity index (χ3v) is 2.07. The number of hydrogen-bond acceptors (Lipinski definition) is 4. The molecule has 0 bridgehead atoms. The van der Waals surface area contributed by atoms with Crippen LogP contribution < -0.4 is 5.32 Å². The van der Waals surface area contributed by atoms with E-state index in [0.29, 0.717) is 13.2 Å². The molecule has 0 aliphatic rings. The zero-order chi connectivity index (χ0) is 12.0. The van der Waals surface area contributed by atoms with E-state index in [0.717, 1.165) is 24.6 Å². The Morgan fingerprint density at radius 1 is 1.44 bits per heavy atom. The van der Waals surface area contributed by atoms with Gasteiger partial charge < -0.3 is 14.5 Å². The molecule has 0 amide bonds. The van der Waals surface area contributed by atoms with Gasteiger partial charge in [0.05, 0.1) is 19.3 Å². The Labute approximate surface area is 97.4 Å². The lowest BCUT2D eigenvalue weighted by Gasteiger charge is -2.15. The number of nitrogens with zero attached hydrogens (tertiary/aromatic N) is 1. The average Bonchev–Trinajstić information content (AvgIpc) is 2.58. The predicted molar refractivity (Wildman–Crippen MR) is 63.2 cm³/mol. The largest absolute Gasteiger partial charge is 0.444 e. The lowest BCUT2D eigenvalue weighted by atomic mass is 9.91. The molecule has 1 heterocycles. The molecule has 1 aromatic rings. The Morgan fingerprint density at radius 3 is 2.81 bits per heavy atom. The summed E-state index contributed by atoms with van der Waals surface area (Å²) < 4.78 is 10.6. The maximum absolute atomic E-state index is 5.63. The summed E-state index contributed by atoms with van der Waals surface area (Å²) in [5, 5.41) is 3.20. The molecule has 0 radical (unpaired) electrons. The molecule has 0 saturated heterocycles. The number of methoxy groups -OCH3 is 1. The molecule has 0 fully saturated rings. The van der Waals surface area contributed by atoms with Gasteiger partial charge in [-0.15, -0.1) is 0 Å². The summed E-state index contributed by atoms with van der Waals surface area (Å²) >= 11 is 0. The van der Waals surface area contributed by atoms with Crippen LogP contribution in [0.1, 0.15) is 32.4 Å². The number of rotatable bonds is 6. The highest BCUT2D eigenvalue weighted by Crippen LogP contribution is 2.20. The van der Waals surface area contributed by atoms with E-state index < -0.39 is 0 Å². The molecular weight excluding hydrogens is 204 g/mol. The highest BCUT2D eigenvalue weighted by atomic mass is 16.5. The molecule has 0 spiro atoms. The van der Waals surface area contributed by atoms with Gasteiger partial charge in [-0.2, -0.15) is 0 Å². The van der Waals surface area contributed by atoms with E-state index in [1.807, 2.05) is 6.20 Å². The Morgan fingerprint density at radius 2 is 2.19 bits per heavy atom. The van der Waals surface area contributed by atoms with Crippen LogP contribution in [0.2, 0.25) is 0 Å². The first-order chi connectivity index (χ1) is 7.51. The average molecular weight is 226 g/mol. The number of nitrogens with one attached hydrogen (secondary N) is 1. The van der Waals surface area contributed by atoms with Gasteiger partial charge in [-0.1, -0.05) is 20.8 Å². The zero-order valence-electron chi connectivity index (χ0n) is 10.7. The van der Waals surface area contributed by atoms with Crippen molar-refractivity contribution in [2.75, 3.05) is 20.3 Å². The van der Waals surface area contributed by atoms with Gasteiger partial charge in [-0.3, -0.25) is 0 Å². The van der Waals surface area contributed by atoms with Crippen LogP contribution in [0.25, 0.3) is 0 Å². The van der Waals surface area contributed by atoms with Gasteiger partial charge in [0.25, 0.3) is 0 Å². The topological polar surface area (TPSA) is 47.3 Å². The fraction of sp³-hybridized carbons (Fsp3) is 0.750. The van der Waals surface area contributed by atoms with Crippen LogP contribution in [-0.2, 0) is 17.7 Å². The number of oxazole rings is 1. The molecular formula is C12H22N2O2. The summed E-state index contributed by atoms with van der Waals surface area (Å²) in [6.07, 6.45) is 2.73. The fourth-order valence-corrected chi connectivity index (χ4v) is 1.40. The van der Waals surface area contributed by atoms with E-state index in [-0.39, 0.29) is 5.41 Å². The van der Waals surface area contributed by atoms with Crippen molar-refractivity contribution in [2.45, 2.75) is 33.7 Å². The summed E-state index contributed by atoms with van der Waals surface area (Å²) in [4.78, 5) is 4.23. The van der Waals surface area contributed by atoms with Crippen LogP contribution in [-0.4, -0.2) is 25.2 Å². The zero-order valence-corrected chi connectivity index (χ0v) is 10.7. The second-order valence-corrected chi connectivity index (χ2v) is 5.13. The molecule has 0 atom stereocenters. The first kappa shape index (κ1) is 13.2. The predicted octanol–water partition coefficient (Wildman–Crippen LogP) is 2.00. The van der Waals surface area contributed by atoms with Gasteiger partial charge in [0.2, 0.25) is 5.89 Å². The standard InChI is InChI=1S/C12H22N2O2/c1-12(2,3)7-10-8-14-11(16-10)9-13-5-6-15-4/h8,13H,5-7,9H2,1-4H3. The molecule has 92 valence electrons. The van der Waals surface area contributed by atoms with Crippen LogP contribution in [0.15, 0.2) is 10.6 Å². The normalized spacial score (nSPS) is 12.0. The first-order valence-electron chi connectivity index (χ1n) is 5.64. The number of aromatic nitrogens is 1. The lowest BCUT2D eigenvalue weighted by molar-refractivity contribution is 0.198. The van der Waals surface area contributed by atoms with Gasteiger partial charge in [-0.05, 0) is 5.41 Å². The van der Waals surface area contributed by atoms with Crippen molar-refractivity contribution >= 4 is 0 Å². The minimum atomic E-state index is 0.236. The smallest absolute Gasteiger partial charge is 0.208 e. The van der Waals surface area contributed by atoms with Crippen molar-refractivity contribution in [1.29, 1.82) is 0 Å². The molecule has 0 aliphatic carbocycles. The summed E-state index contributed by atoms with van der Waals surface area (Å²) in [5.41, 5.74) is 0.236. The Kier molecular flexibility index (Phi) is 4.96. The van der Waals surface area contributed by atoms with Gasteiger partial charge in [-0.25, -0.2) is 4.98 Å². The third kappa shape index (κ3) is 5.28. The van der Waals surface area contributed by atoms with E-state index in [2.05, 4.69) is 31.1 Å². The van der Waals surface area contributed by atoms with E-state index in [4.69, 9.17) is 9.15 Å². The lowest BCUT2D eigenvalue weighted by Crippen LogP contribution is -2.18. The van der Waals surface area contributed by atoms with Crippen molar-refractivity contribution in [1.82, 2.24) is 10.3 Å². The molecule has 16 heavy (non-hydrogen) atoms. The molecule has 0 saturated carbocycles. The second kappa shape index (κ2) is 6.01. The van der Waals surface area contributed by atoms with Crippen molar-refractivity contribution < 1.29 is 9.15 Å². The van der Waals surface area contributed by atoms with Crippen LogP contribution in [0.3, 0.4) is 0 Å². The van der Waals surface area contributed by atoms with E-state index >= 15 is 0 Å². The van der Waals surface area contributed by atoms with E-state index in [1.165, 1.54) is 0 Å². The number of hydrogen-bond donors (Lipinski definition) is 1. The molecule has 1 aromatic heterocycles. The second-order valence-electron chi connectivity index (χ2n) is 5.13. The quantitative estimate of drug-likeness (QED) is 0.754. The summed E-state index contributed by atoms with van der Waals surface area (Å²) in [7, 11) is 1.69. The Bertz CT molecular complexity index is 302. The number of ether oxygens (including phenoxy) is 1. The SMILES string of the molecule is COCCNCc1ncc(CC(C)(C)C)o1. The highest BCUT2D eigenvalue weighted by molar-refractivity contribution is 4.96. The van der Waals surface area contributed by atoms with Gasteiger partial charge >= 0.3 is 0 Å². The molecule has 1 rings (SSSR count). The highest BCUT2D eigenvalue weighted by Gasteiger charge is 2.14. The minimum Gasteiger partial charge on any atom is -0.444 e. The van der Waals surface area contributed by atoms with Crippen LogP contribution in [0, 0.1) is 5.41 Å². The van der Waals surface area contributed by atoms with Gasteiger partial charge in [0.15, 0.2) is 0 Å². The maximum Gasteiger partial charge on any atom is 0.208 e. The molecule has 0 aromatic carbocycles. The van der Waals surface area contributed by atoms with Crippen molar-refractivity contribution in [3.63, 3.8) is 0 Å². The molecule has 0 aliphatic heterocycles. The van der Waals surface area contributed by atoms with Crippen molar-refractivity contribution in [3.8, 4) is 0 Å². The van der Waals surface area contributed by atoms with Crippen molar-refractivity contribution in [3.05, 3.63) is 17.8 Å². The Balaban J connectivity index is 2.34. The summed E-state index contributed by atoms with van der Waals surface area (Å²) in [6.45, 7) is 8.74. The summed E-state index contributed by atoms with van der Waals surface area (Å²) in [5.74, 6) is 1.70. The van der Waals surface area contributed by atoms with Gasteiger partial charge in [0.1, 0.15) is 5.76 Å². The van der Waals surface area contributed by atoms with E-state index in [1.54, 1.807) is 7.11 Å². The fourth-order valence-electron chi connectivity index (χ4n) is 1.40. The van der Waals surface area contributed by atoms with Crippen LogP contribution in [0.5, 0.6) is 0 Å². The van der Waals surface area contributed by atoms with Crippen LogP contribution >= 0.6 is 0 Å². The Hall–Kier alpha value is -0.870. The minimum absolute atomic E-state index is 0.236. The molecule has 4 heteroatoms. The third-order valence-electron chi connectivity index (χ3n) is 2.07. The molecule has 1 N–H and O–H groups in total. The van der Waals surface area contributed by atoms with Crippen LogP contribution in [0.4, 0.5) is 0 Å². The monoisotopic (exact) mass is 226 g/mol. The van der Waals surface area contributed by atoms with Crippen molar-refractivity contribution in [2.24, 2.45) is 5.41 Å². The van der Waals surface area contributed by atoms with E-state index in [9.17, 15) is 0 Å². The summed E-state index contributed by atoms with van der Waals surface area (Å²) in [6, 6.07) is 0.